The average molecular weight is 336 g/mol. The summed E-state index contributed by atoms with van der Waals surface area (Å²) in [6, 6.07) is 0. The van der Waals surface area contributed by atoms with Gasteiger partial charge in [0.15, 0.2) is 5.82 Å². The van der Waals surface area contributed by atoms with Gasteiger partial charge >= 0.3 is 17.9 Å². The minimum atomic E-state index is -0.313. The summed E-state index contributed by atoms with van der Waals surface area (Å²) in [5.41, 5.74) is 0. The molecule has 2 amide bonds. The van der Waals surface area contributed by atoms with Gasteiger partial charge in [0.05, 0.1) is 6.61 Å². The van der Waals surface area contributed by atoms with Gasteiger partial charge in [-0.1, -0.05) is 19.0 Å². The third kappa shape index (κ3) is 4.04. The van der Waals surface area contributed by atoms with Crippen LogP contribution in [0.5, 0.6) is 0 Å². The van der Waals surface area contributed by atoms with Crippen molar-refractivity contribution in [1.82, 2.24) is 19.9 Å². The first kappa shape index (κ1) is 16.7. The monoisotopic (exact) mass is 336 g/mol. The van der Waals surface area contributed by atoms with E-state index < -0.39 is 0 Å². The van der Waals surface area contributed by atoms with Crippen molar-refractivity contribution >= 4 is 12.0 Å². The predicted octanol–water partition coefficient (Wildman–Crippen LogP) is 1.89. The van der Waals surface area contributed by atoms with Crippen molar-refractivity contribution in [2.75, 3.05) is 32.8 Å². The highest BCUT2D eigenvalue weighted by molar-refractivity contribution is 5.89. The molecule has 0 radical (unpaired) electrons. The second-order valence-corrected chi connectivity index (χ2v) is 6.84. The highest BCUT2D eigenvalue weighted by Crippen LogP contribution is 2.38. The van der Waals surface area contributed by atoms with Gasteiger partial charge in [-0.05, 0) is 25.2 Å². The number of amides is 2. The van der Waals surface area contributed by atoms with E-state index in [2.05, 4.69) is 10.1 Å². The molecule has 1 aliphatic carbocycles. The molecule has 132 valence electrons. The SMILES string of the molecule is CC(C)COC(=O)N1CCCN(C(=O)c2nc(C3CC3)no2)CC1. The van der Waals surface area contributed by atoms with E-state index in [1.54, 1.807) is 9.80 Å². The summed E-state index contributed by atoms with van der Waals surface area (Å²) in [4.78, 5) is 32.1. The maximum absolute atomic E-state index is 12.5. The molecule has 2 heterocycles. The quantitative estimate of drug-likeness (QED) is 0.834. The lowest BCUT2D eigenvalue weighted by atomic mass is 10.2. The first-order chi connectivity index (χ1) is 11.5. The highest BCUT2D eigenvalue weighted by atomic mass is 16.6. The van der Waals surface area contributed by atoms with Crippen molar-refractivity contribution in [3.8, 4) is 0 Å². The Morgan fingerprint density at radius 1 is 1.21 bits per heavy atom. The van der Waals surface area contributed by atoms with E-state index >= 15 is 0 Å². The molecule has 2 aliphatic rings. The molecule has 2 fully saturated rings. The number of nitrogens with zero attached hydrogens (tertiary/aromatic N) is 4. The van der Waals surface area contributed by atoms with E-state index in [9.17, 15) is 9.59 Å². The first-order valence-corrected chi connectivity index (χ1v) is 8.59. The van der Waals surface area contributed by atoms with Gasteiger partial charge in [0, 0.05) is 32.1 Å². The molecule has 0 bridgehead atoms. The number of hydrogen-bond donors (Lipinski definition) is 0. The average Bonchev–Trinajstić information content (AvgIpc) is 3.34. The second kappa shape index (κ2) is 7.19. The van der Waals surface area contributed by atoms with E-state index in [1.807, 2.05) is 13.8 Å². The lowest BCUT2D eigenvalue weighted by molar-refractivity contribution is 0.0700. The maximum Gasteiger partial charge on any atom is 0.409 e. The van der Waals surface area contributed by atoms with Crippen LogP contribution in [0.2, 0.25) is 0 Å². The third-order valence-corrected chi connectivity index (χ3v) is 4.15. The Morgan fingerprint density at radius 2 is 1.92 bits per heavy atom. The summed E-state index contributed by atoms with van der Waals surface area (Å²) in [6.07, 6.45) is 2.51. The van der Waals surface area contributed by atoms with Crippen molar-refractivity contribution in [2.45, 2.75) is 39.0 Å². The molecule has 0 unspecified atom stereocenters. The molecule has 8 heteroatoms. The Balaban J connectivity index is 1.54. The van der Waals surface area contributed by atoms with Crippen LogP contribution < -0.4 is 0 Å². The Morgan fingerprint density at radius 3 is 2.62 bits per heavy atom. The molecule has 1 saturated carbocycles. The summed E-state index contributed by atoms with van der Waals surface area (Å²) in [6.45, 7) is 6.44. The molecule has 8 nitrogen and oxygen atoms in total. The van der Waals surface area contributed by atoms with Gasteiger partial charge in [-0.2, -0.15) is 4.98 Å². The molecule has 0 spiro atoms. The number of carbonyl (C=O) groups is 2. The summed E-state index contributed by atoms with van der Waals surface area (Å²) in [7, 11) is 0. The largest absolute Gasteiger partial charge is 0.449 e. The van der Waals surface area contributed by atoms with Crippen molar-refractivity contribution in [3.05, 3.63) is 11.7 Å². The highest BCUT2D eigenvalue weighted by Gasteiger charge is 2.32. The van der Waals surface area contributed by atoms with Crippen molar-refractivity contribution in [2.24, 2.45) is 5.92 Å². The zero-order valence-corrected chi connectivity index (χ0v) is 14.2. The Kier molecular flexibility index (Phi) is 5.01. The first-order valence-electron chi connectivity index (χ1n) is 8.59. The van der Waals surface area contributed by atoms with Gasteiger partial charge < -0.3 is 19.1 Å². The van der Waals surface area contributed by atoms with E-state index in [0.29, 0.717) is 56.9 Å². The number of carbonyl (C=O) groups excluding carboxylic acids is 2. The zero-order chi connectivity index (χ0) is 17.1. The molecular formula is C16H24N4O4. The molecule has 24 heavy (non-hydrogen) atoms. The van der Waals surface area contributed by atoms with Gasteiger partial charge in [-0.25, -0.2) is 4.79 Å². The smallest absolute Gasteiger partial charge is 0.409 e. The van der Waals surface area contributed by atoms with E-state index in [0.717, 1.165) is 12.8 Å². The summed E-state index contributed by atoms with van der Waals surface area (Å²) >= 11 is 0. The number of hydrogen-bond acceptors (Lipinski definition) is 6. The van der Waals surface area contributed by atoms with Crippen LogP contribution in [0.3, 0.4) is 0 Å². The molecular weight excluding hydrogens is 312 g/mol. The normalized spacial score (nSPS) is 18.6. The fourth-order valence-corrected chi connectivity index (χ4v) is 2.60. The van der Waals surface area contributed by atoms with Crippen LogP contribution in [-0.4, -0.2) is 64.7 Å². The predicted molar refractivity (Wildman–Crippen MR) is 84.6 cm³/mol. The minimum absolute atomic E-state index is 0.0488. The van der Waals surface area contributed by atoms with Crippen LogP contribution in [0.15, 0.2) is 4.52 Å². The third-order valence-electron chi connectivity index (χ3n) is 4.15. The Bertz CT molecular complexity index is 597. The van der Waals surface area contributed by atoms with Crippen molar-refractivity contribution in [1.29, 1.82) is 0 Å². The fourth-order valence-electron chi connectivity index (χ4n) is 2.60. The zero-order valence-electron chi connectivity index (χ0n) is 14.2. The van der Waals surface area contributed by atoms with Crippen molar-refractivity contribution < 1.29 is 18.8 Å². The van der Waals surface area contributed by atoms with Crippen LogP contribution >= 0.6 is 0 Å². The molecule has 1 aliphatic heterocycles. The van der Waals surface area contributed by atoms with Gasteiger partial charge in [0.25, 0.3) is 0 Å². The van der Waals surface area contributed by atoms with E-state index in [1.165, 1.54) is 0 Å². The molecule has 3 rings (SSSR count). The van der Waals surface area contributed by atoms with Gasteiger partial charge in [-0.3, -0.25) is 4.79 Å². The molecule has 0 aromatic carbocycles. The van der Waals surface area contributed by atoms with Gasteiger partial charge in [0.2, 0.25) is 0 Å². The lowest BCUT2D eigenvalue weighted by Crippen LogP contribution is -2.38. The van der Waals surface area contributed by atoms with Crippen LogP contribution in [0.1, 0.15) is 55.5 Å². The summed E-state index contributed by atoms with van der Waals surface area (Å²) in [5.74, 6) is 1.08. The Labute approximate surface area is 141 Å². The molecule has 0 N–H and O–H groups in total. The van der Waals surface area contributed by atoms with E-state index in [4.69, 9.17) is 9.26 Å². The van der Waals surface area contributed by atoms with Crippen LogP contribution in [0.25, 0.3) is 0 Å². The maximum atomic E-state index is 12.5. The van der Waals surface area contributed by atoms with Crippen molar-refractivity contribution in [3.63, 3.8) is 0 Å². The molecule has 1 saturated heterocycles. The van der Waals surface area contributed by atoms with Gasteiger partial charge in [-0.15, -0.1) is 0 Å². The summed E-state index contributed by atoms with van der Waals surface area (Å²) in [5, 5.41) is 3.88. The number of aromatic nitrogens is 2. The number of rotatable bonds is 4. The Hall–Kier alpha value is -2.12. The van der Waals surface area contributed by atoms with Crippen LogP contribution in [0, 0.1) is 5.92 Å². The number of ether oxygens (including phenoxy) is 1. The van der Waals surface area contributed by atoms with Crippen LogP contribution in [0.4, 0.5) is 4.79 Å². The molecule has 1 aromatic rings. The van der Waals surface area contributed by atoms with Crippen LogP contribution in [-0.2, 0) is 4.74 Å². The minimum Gasteiger partial charge on any atom is -0.449 e. The summed E-state index contributed by atoms with van der Waals surface area (Å²) < 4.78 is 10.4. The molecule has 0 atom stereocenters. The van der Waals surface area contributed by atoms with E-state index in [-0.39, 0.29) is 17.9 Å². The van der Waals surface area contributed by atoms with Gasteiger partial charge in [0.1, 0.15) is 0 Å². The topological polar surface area (TPSA) is 88.8 Å². The lowest BCUT2D eigenvalue weighted by Gasteiger charge is -2.21. The second-order valence-electron chi connectivity index (χ2n) is 6.84. The molecule has 1 aromatic heterocycles. The fraction of sp³-hybridized carbons (Fsp3) is 0.750. The standard InChI is InChI=1S/C16H24N4O4/c1-11(2)10-23-16(22)20-7-3-6-19(8-9-20)15(21)14-17-13(18-24-14)12-4-5-12/h11-12H,3-10H2,1-2H3.